The molecule has 1 aliphatic carbocycles. The number of esters is 1. The Morgan fingerprint density at radius 2 is 1.74 bits per heavy atom. The number of carbonyl (C=O) groups is 1. The fraction of sp³-hybridized carbons (Fsp3) is 0.364. The van der Waals surface area contributed by atoms with Gasteiger partial charge < -0.3 is 33.6 Å². The SMILES string of the molecule is COC(=O)[C@@H]1[C@H](c2cc(OC)c(O)c(OC)c2)c2cc3c(cc2C2=NOC[C@H]21)OCO3. The van der Waals surface area contributed by atoms with Crippen molar-refractivity contribution in [2.45, 2.75) is 5.92 Å². The molecule has 0 fully saturated rings. The molecule has 0 bridgehead atoms. The molecule has 5 rings (SSSR count). The molecule has 0 saturated heterocycles. The molecule has 0 spiro atoms. The minimum atomic E-state index is -0.613. The predicted octanol–water partition coefficient (Wildman–Crippen LogP) is 2.42. The lowest BCUT2D eigenvalue weighted by Gasteiger charge is -2.36. The predicted molar refractivity (Wildman–Crippen MR) is 107 cm³/mol. The van der Waals surface area contributed by atoms with Gasteiger partial charge in [0.25, 0.3) is 0 Å². The maximum atomic E-state index is 13.0. The highest BCUT2D eigenvalue weighted by atomic mass is 16.7. The molecule has 9 heteroatoms. The maximum Gasteiger partial charge on any atom is 0.310 e. The molecule has 0 amide bonds. The Bertz CT molecular complexity index is 1070. The molecule has 162 valence electrons. The van der Waals surface area contributed by atoms with Gasteiger partial charge in [-0.05, 0) is 35.4 Å². The third kappa shape index (κ3) is 2.83. The number of phenols is 1. The van der Waals surface area contributed by atoms with Crippen molar-refractivity contribution in [2.75, 3.05) is 34.7 Å². The van der Waals surface area contributed by atoms with Gasteiger partial charge in [0, 0.05) is 11.5 Å². The van der Waals surface area contributed by atoms with Gasteiger partial charge in [0.1, 0.15) is 6.61 Å². The highest BCUT2D eigenvalue weighted by molar-refractivity contribution is 6.08. The van der Waals surface area contributed by atoms with Crippen molar-refractivity contribution >= 4 is 11.7 Å². The molecule has 2 aliphatic heterocycles. The standard InChI is InChI=1S/C22H21NO8/c1-26-16-4-10(5-17(27-2)21(16)24)18-11-6-14-15(30-9-29-14)7-12(11)20-13(8-31-23-20)19(18)22(25)28-3/h4-7,13,18-19,24H,8-9H2,1-3H3/t13-,18+,19-/m0/s1. The van der Waals surface area contributed by atoms with Crippen molar-refractivity contribution < 1.29 is 38.4 Å². The van der Waals surface area contributed by atoms with Crippen molar-refractivity contribution in [1.82, 2.24) is 0 Å². The Hall–Kier alpha value is -3.62. The number of rotatable bonds is 4. The molecule has 3 atom stereocenters. The Labute approximate surface area is 178 Å². The first-order chi connectivity index (χ1) is 15.1. The minimum absolute atomic E-state index is 0.114. The number of ether oxygens (including phenoxy) is 5. The van der Waals surface area contributed by atoms with E-state index in [9.17, 15) is 9.90 Å². The van der Waals surface area contributed by atoms with E-state index in [-0.39, 0.29) is 42.5 Å². The maximum absolute atomic E-state index is 13.0. The molecule has 0 saturated carbocycles. The quantitative estimate of drug-likeness (QED) is 0.742. The number of benzene rings is 2. The molecular weight excluding hydrogens is 406 g/mol. The summed E-state index contributed by atoms with van der Waals surface area (Å²) in [7, 11) is 4.27. The van der Waals surface area contributed by atoms with Crippen LogP contribution in [-0.4, -0.2) is 51.5 Å². The van der Waals surface area contributed by atoms with Gasteiger partial charge in [0.2, 0.25) is 12.5 Å². The van der Waals surface area contributed by atoms with E-state index in [2.05, 4.69) is 5.16 Å². The van der Waals surface area contributed by atoms with Crippen LogP contribution >= 0.6 is 0 Å². The first-order valence-electron chi connectivity index (χ1n) is 9.73. The normalized spacial score (nSPS) is 22.7. The molecule has 0 aromatic heterocycles. The van der Waals surface area contributed by atoms with Crippen molar-refractivity contribution in [3.05, 3.63) is 41.0 Å². The first kappa shape index (κ1) is 19.3. The number of fused-ring (bicyclic) bond motifs is 4. The number of hydrogen-bond donors (Lipinski definition) is 1. The van der Waals surface area contributed by atoms with Crippen LogP contribution in [0.4, 0.5) is 0 Å². The van der Waals surface area contributed by atoms with E-state index in [4.69, 9.17) is 28.5 Å². The van der Waals surface area contributed by atoms with Gasteiger partial charge in [-0.2, -0.15) is 0 Å². The largest absolute Gasteiger partial charge is 0.502 e. The zero-order chi connectivity index (χ0) is 21.7. The van der Waals surface area contributed by atoms with Crippen LogP contribution in [-0.2, 0) is 14.4 Å². The van der Waals surface area contributed by atoms with Crippen LogP contribution in [0.3, 0.4) is 0 Å². The third-order valence-corrected chi connectivity index (χ3v) is 6.05. The first-order valence-corrected chi connectivity index (χ1v) is 9.73. The number of hydrogen-bond acceptors (Lipinski definition) is 9. The van der Waals surface area contributed by atoms with Gasteiger partial charge in [0.05, 0.1) is 38.9 Å². The zero-order valence-electron chi connectivity index (χ0n) is 17.2. The number of methoxy groups -OCH3 is 3. The lowest BCUT2D eigenvalue weighted by atomic mass is 9.65. The Balaban J connectivity index is 1.77. The lowest BCUT2D eigenvalue weighted by molar-refractivity contribution is -0.147. The number of phenolic OH excluding ortho intramolecular Hbond substituents is 1. The number of aromatic hydroxyl groups is 1. The van der Waals surface area contributed by atoms with Gasteiger partial charge in [-0.1, -0.05) is 5.16 Å². The van der Waals surface area contributed by atoms with Gasteiger partial charge in [-0.25, -0.2) is 0 Å². The van der Waals surface area contributed by atoms with Crippen molar-refractivity contribution in [1.29, 1.82) is 0 Å². The van der Waals surface area contributed by atoms with Crippen molar-refractivity contribution in [3.63, 3.8) is 0 Å². The van der Waals surface area contributed by atoms with E-state index in [0.29, 0.717) is 22.8 Å². The summed E-state index contributed by atoms with van der Waals surface area (Å²) >= 11 is 0. The molecule has 2 aromatic rings. The van der Waals surface area contributed by atoms with Gasteiger partial charge >= 0.3 is 5.97 Å². The smallest absolute Gasteiger partial charge is 0.310 e. The summed E-state index contributed by atoms with van der Waals surface area (Å²) in [5.41, 5.74) is 3.03. The van der Waals surface area contributed by atoms with E-state index < -0.39 is 11.8 Å². The Morgan fingerprint density at radius 1 is 1.06 bits per heavy atom. The van der Waals surface area contributed by atoms with Gasteiger partial charge in [-0.3, -0.25) is 4.79 Å². The summed E-state index contributed by atoms with van der Waals surface area (Å²) in [6, 6.07) is 7.13. The number of oxime groups is 1. The second-order valence-corrected chi connectivity index (χ2v) is 7.47. The van der Waals surface area contributed by atoms with Crippen molar-refractivity contribution in [2.24, 2.45) is 17.0 Å². The van der Waals surface area contributed by atoms with Crippen LogP contribution in [0.1, 0.15) is 22.6 Å². The molecular formula is C22H21NO8. The molecule has 2 heterocycles. The average molecular weight is 427 g/mol. The molecule has 0 radical (unpaired) electrons. The van der Waals surface area contributed by atoms with Gasteiger partial charge in [0.15, 0.2) is 23.0 Å². The monoisotopic (exact) mass is 427 g/mol. The highest BCUT2D eigenvalue weighted by Gasteiger charge is 2.49. The fourth-order valence-electron chi connectivity index (χ4n) is 4.64. The Morgan fingerprint density at radius 3 is 2.39 bits per heavy atom. The van der Waals surface area contributed by atoms with E-state index in [1.807, 2.05) is 12.1 Å². The topological polar surface area (TPSA) is 105 Å². The second kappa shape index (κ2) is 7.26. The van der Waals surface area contributed by atoms with Gasteiger partial charge in [-0.15, -0.1) is 0 Å². The summed E-state index contributed by atoms with van der Waals surface area (Å²) in [4.78, 5) is 18.4. The van der Waals surface area contributed by atoms with Crippen LogP contribution < -0.4 is 18.9 Å². The summed E-state index contributed by atoms with van der Waals surface area (Å²) in [6.07, 6.45) is 0. The van der Waals surface area contributed by atoms with Crippen LogP contribution in [0.5, 0.6) is 28.7 Å². The highest BCUT2D eigenvalue weighted by Crippen LogP contribution is 2.51. The summed E-state index contributed by atoms with van der Waals surface area (Å²) in [5.74, 6) is -0.199. The lowest BCUT2D eigenvalue weighted by Crippen LogP contribution is -2.40. The zero-order valence-corrected chi connectivity index (χ0v) is 17.2. The number of carbonyl (C=O) groups excluding carboxylic acids is 1. The van der Waals surface area contributed by atoms with Crippen LogP contribution in [0.25, 0.3) is 0 Å². The van der Waals surface area contributed by atoms with E-state index >= 15 is 0 Å². The average Bonchev–Trinajstić information content (AvgIpc) is 3.45. The minimum Gasteiger partial charge on any atom is -0.502 e. The van der Waals surface area contributed by atoms with E-state index in [1.165, 1.54) is 21.3 Å². The number of nitrogens with zero attached hydrogens (tertiary/aromatic N) is 1. The summed E-state index contributed by atoms with van der Waals surface area (Å²) in [5, 5.41) is 14.6. The molecule has 9 nitrogen and oxygen atoms in total. The third-order valence-electron chi connectivity index (χ3n) is 6.05. The van der Waals surface area contributed by atoms with E-state index in [1.54, 1.807) is 12.1 Å². The molecule has 2 aromatic carbocycles. The van der Waals surface area contributed by atoms with Crippen LogP contribution in [0, 0.1) is 11.8 Å². The molecule has 0 unspecified atom stereocenters. The van der Waals surface area contributed by atoms with Crippen LogP contribution in [0.2, 0.25) is 0 Å². The summed E-state index contributed by atoms with van der Waals surface area (Å²) < 4.78 is 27.0. The molecule has 31 heavy (non-hydrogen) atoms. The Kier molecular flexibility index (Phi) is 4.53. The summed E-state index contributed by atoms with van der Waals surface area (Å²) in [6.45, 7) is 0.377. The second-order valence-electron chi connectivity index (χ2n) is 7.47. The van der Waals surface area contributed by atoms with Crippen molar-refractivity contribution in [3.8, 4) is 28.7 Å². The van der Waals surface area contributed by atoms with Crippen LogP contribution in [0.15, 0.2) is 29.4 Å². The molecule has 1 N–H and O–H groups in total. The fourth-order valence-corrected chi connectivity index (χ4v) is 4.64. The van der Waals surface area contributed by atoms with E-state index in [0.717, 1.165) is 11.1 Å². The molecule has 3 aliphatic rings.